The van der Waals surface area contributed by atoms with Crippen LogP contribution in [0.25, 0.3) is 22.2 Å². The van der Waals surface area contributed by atoms with Gasteiger partial charge in [0.1, 0.15) is 5.82 Å². The zero-order valence-corrected chi connectivity index (χ0v) is 16.6. The summed E-state index contributed by atoms with van der Waals surface area (Å²) in [5, 5.41) is 0. The van der Waals surface area contributed by atoms with Crippen LogP contribution in [0.1, 0.15) is 46.4 Å². The van der Waals surface area contributed by atoms with Crippen molar-refractivity contribution < 1.29 is 8.42 Å². The maximum atomic E-state index is 12.9. The number of hydrogen-bond donors (Lipinski definition) is 2. The highest BCUT2D eigenvalue weighted by atomic mass is 32.2. The first-order chi connectivity index (χ1) is 12.1. The summed E-state index contributed by atoms with van der Waals surface area (Å²) in [6.07, 6.45) is 0. The van der Waals surface area contributed by atoms with E-state index in [0.29, 0.717) is 11.5 Å². The molecule has 0 spiro atoms. The summed E-state index contributed by atoms with van der Waals surface area (Å²) in [6, 6.07) is 12.9. The van der Waals surface area contributed by atoms with E-state index in [2.05, 4.69) is 28.5 Å². The average Bonchev–Trinajstić information content (AvgIpc) is 2.96. The number of aromatic amines is 1. The van der Waals surface area contributed by atoms with Crippen molar-refractivity contribution in [1.82, 2.24) is 14.7 Å². The molecule has 0 saturated carbocycles. The van der Waals surface area contributed by atoms with Gasteiger partial charge in [0.05, 0.1) is 15.9 Å². The minimum atomic E-state index is -3.63. The summed E-state index contributed by atoms with van der Waals surface area (Å²) in [6.45, 7) is 9.66. The number of sulfonamides is 1. The lowest BCUT2D eigenvalue weighted by Crippen LogP contribution is -2.40. The molecule has 3 aromatic rings. The van der Waals surface area contributed by atoms with E-state index in [0.717, 1.165) is 22.4 Å². The fourth-order valence-electron chi connectivity index (χ4n) is 2.87. The average molecular weight is 372 g/mol. The van der Waals surface area contributed by atoms with Crippen molar-refractivity contribution in [2.24, 2.45) is 0 Å². The zero-order valence-electron chi connectivity index (χ0n) is 15.8. The van der Waals surface area contributed by atoms with Gasteiger partial charge in [0.15, 0.2) is 0 Å². The second-order valence-corrected chi connectivity index (χ2v) is 9.51. The first-order valence-electron chi connectivity index (χ1n) is 8.70. The second kappa shape index (κ2) is 6.52. The Balaban J connectivity index is 2.12. The normalized spacial score (nSPS) is 12.8. The molecule has 0 radical (unpaired) electrons. The maximum Gasteiger partial charge on any atom is 0.241 e. The van der Waals surface area contributed by atoms with Crippen molar-refractivity contribution in [3.8, 4) is 11.1 Å². The van der Waals surface area contributed by atoms with Gasteiger partial charge in [-0.05, 0) is 44.5 Å². The maximum absolute atomic E-state index is 12.9. The van der Waals surface area contributed by atoms with Crippen molar-refractivity contribution in [3.05, 3.63) is 48.3 Å². The first-order valence-corrected chi connectivity index (χ1v) is 10.2. The van der Waals surface area contributed by atoms with Gasteiger partial charge in [0.25, 0.3) is 0 Å². The van der Waals surface area contributed by atoms with Gasteiger partial charge in [0.2, 0.25) is 10.0 Å². The van der Waals surface area contributed by atoms with Gasteiger partial charge in [-0.25, -0.2) is 18.1 Å². The van der Waals surface area contributed by atoms with Crippen LogP contribution in [-0.4, -0.2) is 23.9 Å². The van der Waals surface area contributed by atoms with Crippen molar-refractivity contribution in [2.75, 3.05) is 0 Å². The smallest absolute Gasteiger partial charge is 0.241 e. The molecular weight excluding hydrogens is 346 g/mol. The number of aromatic nitrogens is 2. The molecule has 0 aliphatic rings. The van der Waals surface area contributed by atoms with Gasteiger partial charge in [0, 0.05) is 17.0 Å². The second-order valence-electron chi connectivity index (χ2n) is 7.86. The van der Waals surface area contributed by atoms with E-state index in [9.17, 15) is 8.42 Å². The van der Waals surface area contributed by atoms with Gasteiger partial charge in [-0.15, -0.1) is 0 Å². The van der Waals surface area contributed by atoms with Gasteiger partial charge in [-0.1, -0.05) is 38.1 Å². The van der Waals surface area contributed by atoms with Crippen molar-refractivity contribution >= 4 is 21.1 Å². The lowest BCUT2D eigenvalue weighted by Gasteiger charge is -2.21. The molecule has 2 aromatic carbocycles. The van der Waals surface area contributed by atoms with Crippen LogP contribution in [0, 0.1) is 0 Å². The predicted octanol–water partition coefficient (Wildman–Crippen LogP) is 4.43. The Morgan fingerprint density at radius 1 is 1.08 bits per heavy atom. The molecule has 1 aromatic heterocycles. The van der Waals surface area contributed by atoms with Crippen molar-refractivity contribution in [2.45, 2.75) is 51.0 Å². The topological polar surface area (TPSA) is 74.8 Å². The molecule has 0 saturated heterocycles. The van der Waals surface area contributed by atoms with Gasteiger partial charge in [-0.3, -0.25) is 0 Å². The Labute approximate surface area is 154 Å². The van der Waals surface area contributed by atoms with Gasteiger partial charge in [-0.2, -0.15) is 0 Å². The largest absolute Gasteiger partial charge is 0.342 e. The van der Waals surface area contributed by atoms with Crippen molar-refractivity contribution in [3.63, 3.8) is 0 Å². The summed E-state index contributed by atoms with van der Waals surface area (Å²) in [5.41, 5.74) is 2.75. The number of hydrogen-bond acceptors (Lipinski definition) is 3. The highest BCUT2D eigenvalue weighted by Crippen LogP contribution is 2.30. The van der Waals surface area contributed by atoms with E-state index < -0.39 is 15.6 Å². The number of H-pyrrole nitrogens is 1. The Hall–Kier alpha value is -2.18. The highest BCUT2D eigenvalue weighted by molar-refractivity contribution is 7.89. The Morgan fingerprint density at radius 2 is 1.77 bits per heavy atom. The molecule has 6 heteroatoms. The van der Waals surface area contributed by atoms with E-state index in [4.69, 9.17) is 0 Å². The lowest BCUT2D eigenvalue weighted by atomic mass is 10.1. The van der Waals surface area contributed by atoms with E-state index in [-0.39, 0.29) is 4.90 Å². The molecule has 0 amide bonds. The Bertz CT molecular complexity index is 1040. The van der Waals surface area contributed by atoms with Crippen LogP contribution >= 0.6 is 0 Å². The standard InChI is InChI=1S/C20H25N3O2S/c1-13(2)19-21-16-11-10-14(12-17(16)22-19)15-8-6-7-9-18(15)26(24,25)23-20(3,4)5/h6-13,23H,1-5H3,(H,21,22). The van der Waals surface area contributed by atoms with Crippen LogP contribution in [-0.2, 0) is 10.0 Å². The third kappa shape index (κ3) is 3.81. The summed E-state index contributed by atoms with van der Waals surface area (Å²) in [7, 11) is -3.63. The molecule has 138 valence electrons. The fourth-order valence-corrected chi connectivity index (χ4v) is 4.52. The van der Waals surface area contributed by atoms with Gasteiger partial charge < -0.3 is 4.98 Å². The quantitative estimate of drug-likeness (QED) is 0.712. The monoisotopic (exact) mass is 371 g/mol. The summed E-state index contributed by atoms with van der Waals surface area (Å²) >= 11 is 0. The summed E-state index contributed by atoms with van der Waals surface area (Å²) < 4.78 is 28.5. The molecular formula is C20H25N3O2S. The third-order valence-electron chi connectivity index (χ3n) is 3.98. The highest BCUT2D eigenvalue weighted by Gasteiger charge is 2.24. The zero-order chi connectivity index (χ0) is 19.1. The predicted molar refractivity (Wildman–Crippen MR) is 106 cm³/mol. The molecule has 5 nitrogen and oxygen atoms in total. The van der Waals surface area contributed by atoms with E-state index in [1.807, 2.05) is 51.1 Å². The lowest BCUT2D eigenvalue weighted by molar-refractivity contribution is 0.491. The molecule has 2 N–H and O–H groups in total. The molecule has 26 heavy (non-hydrogen) atoms. The van der Waals surface area contributed by atoms with E-state index >= 15 is 0 Å². The van der Waals surface area contributed by atoms with Crippen LogP contribution in [0.2, 0.25) is 0 Å². The Kier molecular flexibility index (Phi) is 4.67. The Morgan fingerprint density at radius 3 is 2.42 bits per heavy atom. The minimum Gasteiger partial charge on any atom is -0.342 e. The summed E-state index contributed by atoms with van der Waals surface area (Å²) in [4.78, 5) is 8.18. The molecule has 0 aliphatic heterocycles. The molecule has 3 rings (SSSR count). The molecule has 0 bridgehead atoms. The summed E-state index contributed by atoms with van der Waals surface area (Å²) in [5.74, 6) is 1.22. The van der Waals surface area contributed by atoms with Gasteiger partial charge >= 0.3 is 0 Å². The fraction of sp³-hybridized carbons (Fsp3) is 0.350. The van der Waals surface area contributed by atoms with Crippen LogP contribution in [0.15, 0.2) is 47.4 Å². The minimum absolute atomic E-state index is 0.276. The number of imidazole rings is 1. The number of nitrogens with zero attached hydrogens (tertiary/aromatic N) is 1. The number of benzene rings is 2. The van der Waals surface area contributed by atoms with Crippen LogP contribution in [0.5, 0.6) is 0 Å². The van der Waals surface area contributed by atoms with Crippen LogP contribution < -0.4 is 4.72 Å². The number of nitrogens with one attached hydrogen (secondary N) is 2. The first kappa shape index (κ1) is 18.6. The molecule has 0 aliphatic carbocycles. The molecule has 0 unspecified atom stereocenters. The van der Waals surface area contributed by atoms with E-state index in [1.54, 1.807) is 12.1 Å². The van der Waals surface area contributed by atoms with Crippen LogP contribution in [0.3, 0.4) is 0 Å². The molecule has 0 atom stereocenters. The third-order valence-corrected chi connectivity index (χ3v) is 5.79. The van der Waals surface area contributed by atoms with E-state index in [1.165, 1.54) is 0 Å². The number of rotatable bonds is 4. The van der Waals surface area contributed by atoms with Crippen molar-refractivity contribution in [1.29, 1.82) is 0 Å². The molecule has 0 fully saturated rings. The number of fused-ring (bicyclic) bond motifs is 1. The van der Waals surface area contributed by atoms with Crippen LogP contribution in [0.4, 0.5) is 0 Å². The SMILES string of the molecule is CC(C)c1nc2ccc(-c3ccccc3S(=O)(=O)NC(C)(C)C)cc2[nH]1. The molecule has 1 heterocycles.